The highest BCUT2D eigenvalue weighted by Gasteiger charge is 2.24. The number of para-hydroxylation sites is 1. The van der Waals surface area contributed by atoms with Crippen LogP contribution in [-0.4, -0.2) is 44.7 Å². The van der Waals surface area contributed by atoms with Crippen molar-refractivity contribution in [3.05, 3.63) is 23.8 Å². The molecule has 0 radical (unpaired) electrons. The van der Waals surface area contributed by atoms with Crippen molar-refractivity contribution >= 4 is 5.91 Å². The second-order valence-electron chi connectivity index (χ2n) is 5.35. The lowest BCUT2D eigenvalue weighted by Gasteiger charge is -2.28. The highest BCUT2D eigenvalue weighted by Crippen LogP contribution is 2.31. The molecular weight excluding hydrogens is 268 g/mol. The normalized spacial score (nSPS) is 18.1. The third kappa shape index (κ3) is 3.67. The van der Waals surface area contributed by atoms with E-state index in [1.165, 1.54) is 0 Å². The lowest BCUT2D eigenvalue weighted by atomic mass is 10.0. The Morgan fingerprint density at radius 3 is 2.76 bits per heavy atom. The van der Waals surface area contributed by atoms with Crippen LogP contribution in [-0.2, 0) is 11.3 Å². The summed E-state index contributed by atoms with van der Waals surface area (Å²) in [7, 11) is 5.06. The predicted molar refractivity (Wildman–Crippen MR) is 81.7 cm³/mol. The monoisotopic (exact) mass is 292 g/mol. The smallest absolute Gasteiger partial charge is 0.239 e. The number of nitrogens with zero attached hydrogens (tertiary/aromatic N) is 1. The van der Waals surface area contributed by atoms with E-state index in [-0.39, 0.29) is 11.9 Å². The zero-order chi connectivity index (χ0) is 15.2. The van der Waals surface area contributed by atoms with Gasteiger partial charge in [-0.25, -0.2) is 0 Å². The fraction of sp³-hybridized carbons (Fsp3) is 0.562. The first-order valence-electron chi connectivity index (χ1n) is 7.35. The van der Waals surface area contributed by atoms with Crippen molar-refractivity contribution in [2.75, 3.05) is 27.8 Å². The molecule has 1 aliphatic rings. The number of methoxy groups -OCH3 is 2. The number of ether oxygens (including phenoxy) is 2. The van der Waals surface area contributed by atoms with Gasteiger partial charge in [-0.2, -0.15) is 0 Å². The molecule has 1 saturated heterocycles. The van der Waals surface area contributed by atoms with Gasteiger partial charge < -0.3 is 19.7 Å². The Morgan fingerprint density at radius 1 is 1.33 bits per heavy atom. The Bertz CT molecular complexity index is 484. The Balaban J connectivity index is 2.08. The number of benzene rings is 1. The molecule has 1 aromatic rings. The van der Waals surface area contributed by atoms with Gasteiger partial charge in [0.05, 0.1) is 20.3 Å². The summed E-state index contributed by atoms with van der Waals surface area (Å²) in [6.45, 7) is 1.43. The van der Waals surface area contributed by atoms with Gasteiger partial charge >= 0.3 is 0 Å². The van der Waals surface area contributed by atoms with Crippen molar-refractivity contribution in [3.8, 4) is 11.5 Å². The highest BCUT2D eigenvalue weighted by atomic mass is 16.5. The summed E-state index contributed by atoms with van der Waals surface area (Å²) in [5.41, 5.74) is 0.948. The van der Waals surface area contributed by atoms with Crippen LogP contribution in [0.25, 0.3) is 0 Å². The minimum absolute atomic E-state index is 0.0552. The van der Waals surface area contributed by atoms with Gasteiger partial charge in [0, 0.05) is 19.2 Å². The van der Waals surface area contributed by atoms with Crippen LogP contribution in [0.15, 0.2) is 18.2 Å². The van der Waals surface area contributed by atoms with E-state index in [2.05, 4.69) is 5.32 Å². The molecule has 1 heterocycles. The maximum Gasteiger partial charge on any atom is 0.239 e. The van der Waals surface area contributed by atoms with Crippen molar-refractivity contribution in [1.29, 1.82) is 0 Å². The van der Waals surface area contributed by atoms with Crippen molar-refractivity contribution in [2.45, 2.75) is 31.8 Å². The summed E-state index contributed by atoms with van der Waals surface area (Å²) < 4.78 is 10.7. The van der Waals surface area contributed by atoms with E-state index in [0.29, 0.717) is 18.0 Å². The Morgan fingerprint density at radius 2 is 2.14 bits per heavy atom. The van der Waals surface area contributed by atoms with Crippen molar-refractivity contribution in [1.82, 2.24) is 10.2 Å². The van der Waals surface area contributed by atoms with Gasteiger partial charge in [-0.1, -0.05) is 18.6 Å². The fourth-order valence-corrected chi connectivity index (χ4v) is 2.74. The third-order valence-corrected chi connectivity index (χ3v) is 3.88. The average molecular weight is 292 g/mol. The SMILES string of the molecule is COc1cccc(CN(C)C(=O)[C@@H]2CCCCN2)c1OC. The third-order valence-electron chi connectivity index (χ3n) is 3.88. The van der Waals surface area contributed by atoms with Crippen LogP contribution in [0.5, 0.6) is 11.5 Å². The number of likely N-dealkylation sites (N-methyl/N-ethyl adjacent to an activating group) is 1. The van der Waals surface area contributed by atoms with Crippen molar-refractivity contribution < 1.29 is 14.3 Å². The molecule has 116 valence electrons. The maximum absolute atomic E-state index is 12.4. The Hall–Kier alpha value is -1.75. The number of piperidine rings is 1. The van der Waals surface area contributed by atoms with Gasteiger partial charge in [-0.15, -0.1) is 0 Å². The van der Waals surface area contributed by atoms with E-state index in [4.69, 9.17) is 9.47 Å². The van der Waals surface area contributed by atoms with Gasteiger partial charge in [-0.05, 0) is 25.5 Å². The quantitative estimate of drug-likeness (QED) is 0.899. The van der Waals surface area contributed by atoms with Crippen LogP contribution in [0, 0.1) is 0 Å². The van der Waals surface area contributed by atoms with Gasteiger partial charge in [0.25, 0.3) is 0 Å². The first kappa shape index (κ1) is 15.6. The van der Waals surface area contributed by atoms with E-state index < -0.39 is 0 Å². The fourth-order valence-electron chi connectivity index (χ4n) is 2.74. The molecule has 1 N–H and O–H groups in total. The molecule has 1 atom stereocenters. The lowest BCUT2D eigenvalue weighted by Crippen LogP contribution is -2.47. The lowest BCUT2D eigenvalue weighted by molar-refractivity contribution is -0.133. The summed E-state index contributed by atoms with van der Waals surface area (Å²) in [5, 5.41) is 3.29. The highest BCUT2D eigenvalue weighted by molar-refractivity contribution is 5.81. The number of rotatable bonds is 5. The molecule has 1 amide bonds. The molecule has 1 fully saturated rings. The van der Waals surface area contributed by atoms with Crippen LogP contribution in [0.2, 0.25) is 0 Å². The van der Waals surface area contributed by atoms with Gasteiger partial charge in [0.1, 0.15) is 0 Å². The molecule has 1 aromatic carbocycles. The molecule has 5 nitrogen and oxygen atoms in total. The first-order chi connectivity index (χ1) is 10.2. The number of carbonyl (C=O) groups is 1. The largest absolute Gasteiger partial charge is 0.493 e. The summed E-state index contributed by atoms with van der Waals surface area (Å²) >= 11 is 0. The molecule has 1 aliphatic heterocycles. The molecule has 5 heteroatoms. The number of amides is 1. The molecule has 0 aromatic heterocycles. The average Bonchev–Trinajstić information content (AvgIpc) is 2.54. The number of hydrogen-bond donors (Lipinski definition) is 1. The van der Waals surface area contributed by atoms with Gasteiger partial charge in [0.15, 0.2) is 11.5 Å². The maximum atomic E-state index is 12.4. The minimum Gasteiger partial charge on any atom is -0.493 e. The second kappa shape index (κ2) is 7.31. The van der Waals surface area contributed by atoms with Crippen LogP contribution in [0.3, 0.4) is 0 Å². The van der Waals surface area contributed by atoms with E-state index in [0.717, 1.165) is 31.4 Å². The molecular formula is C16H24N2O3. The molecule has 0 bridgehead atoms. The van der Waals surface area contributed by atoms with Crippen molar-refractivity contribution in [3.63, 3.8) is 0 Å². The van der Waals surface area contributed by atoms with Crippen LogP contribution in [0.1, 0.15) is 24.8 Å². The summed E-state index contributed by atoms with van der Waals surface area (Å²) in [6, 6.07) is 5.67. The van der Waals surface area contributed by atoms with E-state index in [9.17, 15) is 4.79 Å². The van der Waals surface area contributed by atoms with E-state index in [1.54, 1.807) is 19.1 Å². The zero-order valence-electron chi connectivity index (χ0n) is 13.0. The molecule has 0 aliphatic carbocycles. The summed E-state index contributed by atoms with van der Waals surface area (Å²) in [4.78, 5) is 14.2. The molecule has 2 rings (SSSR count). The first-order valence-corrected chi connectivity index (χ1v) is 7.35. The summed E-state index contributed by atoms with van der Waals surface area (Å²) in [5.74, 6) is 1.52. The zero-order valence-corrected chi connectivity index (χ0v) is 13.0. The van der Waals surface area contributed by atoms with E-state index in [1.807, 2.05) is 25.2 Å². The van der Waals surface area contributed by atoms with Crippen LogP contribution in [0.4, 0.5) is 0 Å². The molecule has 21 heavy (non-hydrogen) atoms. The van der Waals surface area contributed by atoms with Crippen molar-refractivity contribution in [2.24, 2.45) is 0 Å². The molecule has 0 unspecified atom stereocenters. The minimum atomic E-state index is -0.0552. The van der Waals surface area contributed by atoms with Crippen LogP contribution >= 0.6 is 0 Å². The topological polar surface area (TPSA) is 50.8 Å². The Labute approximate surface area is 126 Å². The van der Waals surface area contributed by atoms with Gasteiger partial charge in [-0.3, -0.25) is 4.79 Å². The summed E-state index contributed by atoms with van der Waals surface area (Å²) in [6.07, 6.45) is 3.18. The molecule has 0 saturated carbocycles. The van der Waals surface area contributed by atoms with Gasteiger partial charge in [0.2, 0.25) is 5.91 Å². The number of hydrogen-bond acceptors (Lipinski definition) is 4. The number of carbonyl (C=O) groups excluding carboxylic acids is 1. The second-order valence-corrected chi connectivity index (χ2v) is 5.35. The predicted octanol–water partition coefficient (Wildman–Crippen LogP) is 1.80. The number of nitrogens with one attached hydrogen (secondary N) is 1. The van der Waals surface area contributed by atoms with Crippen LogP contribution < -0.4 is 14.8 Å². The Kier molecular flexibility index (Phi) is 5.44. The van der Waals surface area contributed by atoms with E-state index >= 15 is 0 Å². The molecule has 0 spiro atoms. The standard InChI is InChI=1S/C16H24N2O3/c1-18(16(19)13-8-4-5-10-17-13)11-12-7-6-9-14(20-2)15(12)21-3/h6-7,9,13,17H,4-5,8,10-11H2,1-3H3/t13-/m0/s1.